The Bertz CT molecular complexity index is 308. The van der Waals surface area contributed by atoms with Crippen molar-refractivity contribution < 1.29 is 4.52 Å². The molecule has 1 saturated carbocycles. The van der Waals surface area contributed by atoms with Crippen molar-refractivity contribution in [1.29, 1.82) is 0 Å². The van der Waals surface area contributed by atoms with Crippen LogP contribution in [-0.4, -0.2) is 16.2 Å². The molecule has 16 heavy (non-hydrogen) atoms. The van der Waals surface area contributed by atoms with Gasteiger partial charge in [-0.3, -0.25) is 0 Å². The first kappa shape index (κ1) is 11.6. The Hall–Kier alpha value is -0.900. The Morgan fingerprint density at radius 2 is 2.31 bits per heavy atom. The monoisotopic (exact) mass is 223 g/mol. The van der Waals surface area contributed by atoms with Crippen LogP contribution in [-0.2, 0) is 6.54 Å². The minimum atomic E-state index is 0.516. The van der Waals surface area contributed by atoms with Crippen LogP contribution < -0.4 is 5.32 Å². The molecule has 1 atom stereocenters. The second-order valence-corrected chi connectivity index (χ2v) is 5.52. The van der Waals surface area contributed by atoms with E-state index in [0.717, 1.165) is 12.4 Å². The van der Waals surface area contributed by atoms with Gasteiger partial charge in [-0.15, -0.1) is 0 Å². The van der Waals surface area contributed by atoms with Gasteiger partial charge in [0.05, 0.1) is 6.54 Å². The third kappa shape index (κ3) is 3.30. The van der Waals surface area contributed by atoms with Gasteiger partial charge in [0.25, 0.3) is 0 Å². The minimum absolute atomic E-state index is 0.516. The molecule has 1 aliphatic rings. The number of hydrogen-bond acceptors (Lipinski definition) is 4. The third-order valence-electron chi connectivity index (χ3n) is 3.53. The third-order valence-corrected chi connectivity index (χ3v) is 3.53. The van der Waals surface area contributed by atoms with Crippen LogP contribution in [0.4, 0.5) is 0 Å². The number of nitrogens with one attached hydrogen (secondary N) is 1. The summed E-state index contributed by atoms with van der Waals surface area (Å²) in [5.41, 5.74) is 0.516. The molecule has 0 aromatic carbocycles. The highest BCUT2D eigenvalue weighted by atomic mass is 16.5. The maximum absolute atomic E-state index is 4.71. The number of aromatic nitrogens is 2. The lowest BCUT2D eigenvalue weighted by Crippen LogP contribution is -2.28. The molecule has 1 aromatic rings. The molecule has 1 fully saturated rings. The van der Waals surface area contributed by atoms with E-state index in [2.05, 4.69) is 29.3 Å². The van der Waals surface area contributed by atoms with Crippen molar-refractivity contribution in [2.75, 3.05) is 0 Å². The van der Waals surface area contributed by atoms with E-state index in [1.165, 1.54) is 38.5 Å². The molecule has 2 rings (SSSR count). The molecule has 0 amide bonds. The van der Waals surface area contributed by atoms with Gasteiger partial charge in [-0.2, -0.15) is 4.98 Å². The van der Waals surface area contributed by atoms with Gasteiger partial charge >= 0.3 is 0 Å². The molecule has 1 aliphatic carbocycles. The van der Waals surface area contributed by atoms with E-state index >= 15 is 0 Å². The maximum Gasteiger partial charge on any atom is 0.213 e. The second kappa shape index (κ2) is 4.95. The summed E-state index contributed by atoms with van der Waals surface area (Å²) in [5.74, 6) is 0.753. The van der Waals surface area contributed by atoms with Crippen LogP contribution in [0, 0.1) is 5.41 Å². The molecule has 4 heteroatoms. The molecule has 0 saturated heterocycles. The Morgan fingerprint density at radius 1 is 1.44 bits per heavy atom. The predicted octanol–water partition coefficient (Wildman–Crippen LogP) is 2.52. The lowest BCUT2D eigenvalue weighted by Gasteiger charge is -2.22. The van der Waals surface area contributed by atoms with Crippen LogP contribution >= 0.6 is 0 Å². The topological polar surface area (TPSA) is 51.0 Å². The highest BCUT2D eigenvalue weighted by Gasteiger charge is 2.24. The molecule has 0 radical (unpaired) electrons. The summed E-state index contributed by atoms with van der Waals surface area (Å²) in [6.45, 7) is 5.46. The second-order valence-electron chi connectivity index (χ2n) is 5.52. The van der Waals surface area contributed by atoms with E-state index in [9.17, 15) is 0 Å². The molecule has 0 spiro atoms. The standard InChI is InChI=1S/C12H21N3O/c1-12(2)6-3-4-10(5-7-12)13-8-11-14-9-16-15-11/h9-10,13H,3-8H2,1-2H3. The van der Waals surface area contributed by atoms with Gasteiger partial charge in [0.1, 0.15) is 0 Å². The van der Waals surface area contributed by atoms with E-state index < -0.39 is 0 Å². The normalized spacial score (nSPS) is 25.2. The summed E-state index contributed by atoms with van der Waals surface area (Å²) in [4.78, 5) is 4.01. The summed E-state index contributed by atoms with van der Waals surface area (Å²) in [7, 11) is 0. The van der Waals surface area contributed by atoms with Gasteiger partial charge in [0, 0.05) is 6.04 Å². The van der Waals surface area contributed by atoms with Crippen molar-refractivity contribution in [3.63, 3.8) is 0 Å². The first-order chi connectivity index (χ1) is 7.66. The van der Waals surface area contributed by atoms with Crippen LogP contribution in [0.5, 0.6) is 0 Å². The Labute approximate surface area is 96.8 Å². The molecular weight excluding hydrogens is 202 g/mol. The van der Waals surface area contributed by atoms with Crippen LogP contribution in [0.3, 0.4) is 0 Å². The summed E-state index contributed by atoms with van der Waals surface area (Å²) in [6.07, 6.45) is 7.86. The summed E-state index contributed by atoms with van der Waals surface area (Å²) in [6, 6.07) is 0.611. The average molecular weight is 223 g/mol. The molecule has 1 aromatic heterocycles. The predicted molar refractivity (Wildman–Crippen MR) is 61.8 cm³/mol. The van der Waals surface area contributed by atoms with E-state index in [0.29, 0.717) is 11.5 Å². The van der Waals surface area contributed by atoms with Crippen molar-refractivity contribution in [3.05, 3.63) is 12.2 Å². The van der Waals surface area contributed by atoms with Gasteiger partial charge in [-0.1, -0.05) is 25.4 Å². The highest BCUT2D eigenvalue weighted by Crippen LogP contribution is 2.33. The molecule has 4 nitrogen and oxygen atoms in total. The van der Waals surface area contributed by atoms with Crippen molar-refractivity contribution in [1.82, 2.24) is 15.5 Å². The largest absolute Gasteiger partial charge is 0.343 e. The zero-order chi connectivity index (χ0) is 11.4. The SMILES string of the molecule is CC1(C)CCCC(NCc2ncon2)CC1. The van der Waals surface area contributed by atoms with E-state index in [4.69, 9.17) is 4.52 Å². The number of nitrogens with zero attached hydrogens (tertiary/aromatic N) is 2. The van der Waals surface area contributed by atoms with Crippen LogP contribution in [0.15, 0.2) is 10.9 Å². The molecule has 0 bridgehead atoms. The van der Waals surface area contributed by atoms with Crippen LogP contribution in [0.1, 0.15) is 51.8 Å². The average Bonchev–Trinajstić information content (AvgIpc) is 2.68. The molecule has 1 unspecified atom stereocenters. The summed E-state index contributed by atoms with van der Waals surface area (Å²) < 4.78 is 4.71. The fourth-order valence-electron chi connectivity index (χ4n) is 2.37. The van der Waals surface area contributed by atoms with Gasteiger partial charge in [0.15, 0.2) is 5.82 Å². The molecule has 90 valence electrons. The lowest BCUT2D eigenvalue weighted by atomic mass is 9.85. The fraction of sp³-hybridized carbons (Fsp3) is 0.833. The van der Waals surface area contributed by atoms with Crippen molar-refractivity contribution >= 4 is 0 Å². The van der Waals surface area contributed by atoms with Crippen LogP contribution in [0.2, 0.25) is 0 Å². The van der Waals surface area contributed by atoms with Crippen molar-refractivity contribution in [3.8, 4) is 0 Å². The van der Waals surface area contributed by atoms with E-state index in [-0.39, 0.29) is 0 Å². The lowest BCUT2D eigenvalue weighted by molar-refractivity contribution is 0.309. The number of rotatable bonds is 3. The summed E-state index contributed by atoms with van der Waals surface area (Å²) >= 11 is 0. The van der Waals surface area contributed by atoms with E-state index in [1.54, 1.807) is 0 Å². The first-order valence-corrected chi connectivity index (χ1v) is 6.14. The quantitative estimate of drug-likeness (QED) is 0.800. The van der Waals surface area contributed by atoms with Gasteiger partial charge in [0.2, 0.25) is 6.39 Å². The van der Waals surface area contributed by atoms with Crippen molar-refractivity contribution in [2.45, 2.75) is 58.5 Å². The molecule has 0 aliphatic heterocycles. The Balaban J connectivity index is 1.78. The fourth-order valence-corrected chi connectivity index (χ4v) is 2.37. The number of hydrogen-bond donors (Lipinski definition) is 1. The van der Waals surface area contributed by atoms with Crippen molar-refractivity contribution in [2.24, 2.45) is 5.41 Å². The molecule has 1 N–H and O–H groups in total. The first-order valence-electron chi connectivity index (χ1n) is 6.14. The maximum atomic E-state index is 4.71. The highest BCUT2D eigenvalue weighted by molar-refractivity contribution is 4.82. The van der Waals surface area contributed by atoms with Gasteiger partial charge in [-0.25, -0.2) is 0 Å². The Kier molecular flexibility index (Phi) is 3.59. The van der Waals surface area contributed by atoms with Crippen LogP contribution in [0.25, 0.3) is 0 Å². The smallest absolute Gasteiger partial charge is 0.213 e. The Morgan fingerprint density at radius 3 is 3.06 bits per heavy atom. The molecule has 1 heterocycles. The minimum Gasteiger partial charge on any atom is -0.343 e. The zero-order valence-electron chi connectivity index (χ0n) is 10.2. The van der Waals surface area contributed by atoms with Gasteiger partial charge in [-0.05, 0) is 31.1 Å². The summed E-state index contributed by atoms with van der Waals surface area (Å²) in [5, 5.41) is 7.32. The molecular formula is C12H21N3O. The van der Waals surface area contributed by atoms with E-state index in [1.807, 2.05) is 0 Å². The zero-order valence-corrected chi connectivity index (χ0v) is 10.2. The van der Waals surface area contributed by atoms with Gasteiger partial charge < -0.3 is 9.84 Å².